The fourth-order valence-electron chi connectivity index (χ4n) is 3.64. The smallest absolute Gasteiger partial charge is 0.264 e. The molecule has 1 N–H and O–H groups in total. The van der Waals surface area contributed by atoms with Crippen molar-refractivity contribution in [3.63, 3.8) is 0 Å². The minimum absolute atomic E-state index is 0.0270. The first-order valence-corrected chi connectivity index (χ1v) is 12.5. The van der Waals surface area contributed by atoms with Crippen LogP contribution in [0.4, 0.5) is 5.69 Å². The largest absolute Gasteiger partial charge is 0.497 e. The predicted molar refractivity (Wildman–Crippen MR) is 135 cm³/mol. The van der Waals surface area contributed by atoms with E-state index < -0.39 is 22.5 Å². The minimum Gasteiger partial charge on any atom is -0.497 e. The molecule has 186 valence electrons. The number of carbonyl (C=O) groups is 1. The Bertz CT molecular complexity index is 1230. The van der Waals surface area contributed by atoms with Gasteiger partial charge in [-0.25, -0.2) is 8.42 Å². The Labute approximate surface area is 206 Å². The highest BCUT2D eigenvalue weighted by Crippen LogP contribution is 2.32. The first-order valence-electron chi connectivity index (χ1n) is 11.1. The second-order valence-corrected chi connectivity index (χ2v) is 9.52. The summed E-state index contributed by atoms with van der Waals surface area (Å²) in [7, 11) is 0.439. The molecular weight excluding hydrogens is 468 g/mol. The SMILES string of the molecule is CC[C@@H](NC(=O)CN(c1ccccc1OC)S(=O)(=O)c1ccc(OC)cc1)c1ccc(OC)cc1. The minimum atomic E-state index is -4.10. The van der Waals surface area contributed by atoms with Crippen LogP contribution in [-0.4, -0.2) is 42.2 Å². The summed E-state index contributed by atoms with van der Waals surface area (Å²) in [5.41, 5.74) is 1.15. The normalized spacial score (nSPS) is 11.9. The molecule has 0 aliphatic carbocycles. The highest BCUT2D eigenvalue weighted by molar-refractivity contribution is 7.92. The molecule has 0 radical (unpaired) electrons. The van der Waals surface area contributed by atoms with Gasteiger partial charge in [0.05, 0.1) is 38.0 Å². The second kappa shape index (κ2) is 11.6. The molecule has 35 heavy (non-hydrogen) atoms. The molecule has 0 aromatic heterocycles. The van der Waals surface area contributed by atoms with Crippen LogP contribution in [-0.2, 0) is 14.8 Å². The van der Waals surface area contributed by atoms with Gasteiger partial charge in [-0.1, -0.05) is 31.2 Å². The molecule has 0 saturated carbocycles. The van der Waals surface area contributed by atoms with Crippen LogP contribution in [0, 0.1) is 0 Å². The summed E-state index contributed by atoms with van der Waals surface area (Å²) in [6, 6.07) is 19.8. The van der Waals surface area contributed by atoms with E-state index in [1.54, 1.807) is 43.5 Å². The molecule has 0 heterocycles. The van der Waals surface area contributed by atoms with Gasteiger partial charge in [0.2, 0.25) is 5.91 Å². The van der Waals surface area contributed by atoms with Crippen molar-refractivity contribution in [2.75, 3.05) is 32.2 Å². The van der Waals surface area contributed by atoms with Gasteiger partial charge in [-0.15, -0.1) is 0 Å². The van der Waals surface area contributed by atoms with E-state index in [1.165, 1.54) is 26.4 Å². The van der Waals surface area contributed by atoms with Crippen LogP contribution < -0.4 is 23.8 Å². The van der Waals surface area contributed by atoms with Crippen LogP contribution >= 0.6 is 0 Å². The molecule has 0 aliphatic rings. The van der Waals surface area contributed by atoms with Crippen molar-refractivity contribution in [1.29, 1.82) is 0 Å². The lowest BCUT2D eigenvalue weighted by Crippen LogP contribution is -2.42. The summed E-state index contributed by atoms with van der Waals surface area (Å²) in [6.45, 7) is 1.52. The van der Waals surface area contributed by atoms with Crippen LogP contribution in [0.15, 0.2) is 77.7 Å². The zero-order chi connectivity index (χ0) is 25.4. The van der Waals surface area contributed by atoms with Crippen molar-refractivity contribution in [2.24, 2.45) is 0 Å². The zero-order valence-electron chi connectivity index (χ0n) is 20.2. The number of amides is 1. The summed E-state index contributed by atoms with van der Waals surface area (Å²) in [5.74, 6) is 1.12. The van der Waals surface area contributed by atoms with Crippen LogP contribution in [0.25, 0.3) is 0 Å². The molecule has 8 nitrogen and oxygen atoms in total. The van der Waals surface area contributed by atoms with Gasteiger partial charge in [0, 0.05) is 0 Å². The molecule has 3 aromatic carbocycles. The Hall–Kier alpha value is -3.72. The topological polar surface area (TPSA) is 94.2 Å². The molecule has 1 amide bonds. The van der Waals surface area contributed by atoms with Crippen LogP contribution in [0.1, 0.15) is 24.9 Å². The van der Waals surface area contributed by atoms with Crippen molar-refractivity contribution >= 4 is 21.6 Å². The van der Waals surface area contributed by atoms with Gasteiger partial charge in [0.25, 0.3) is 10.0 Å². The monoisotopic (exact) mass is 498 g/mol. The molecule has 0 saturated heterocycles. The highest BCUT2D eigenvalue weighted by Gasteiger charge is 2.30. The van der Waals surface area contributed by atoms with Gasteiger partial charge in [-0.3, -0.25) is 9.10 Å². The van der Waals surface area contributed by atoms with E-state index in [1.807, 2.05) is 31.2 Å². The molecule has 3 rings (SSSR count). The number of hydrogen-bond donors (Lipinski definition) is 1. The van der Waals surface area contributed by atoms with E-state index in [9.17, 15) is 13.2 Å². The average molecular weight is 499 g/mol. The first-order chi connectivity index (χ1) is 16.8. The van der Waals surface area contributed by atoms with Gasteiger partial charge in [-0.05, 0) is 60.5 Å². The van der Waals surface area contributed by atoms with Crippen LogP contribution in [0.2, 0.25) is 0 Å². The number of carbonyl (C=O) groups excluding carboxylic acids is 1. The summed E-state index contributed by atoms with van der Waals surface area (Å²) < 4.78 is 44.1. The van der Waals surface area contributed by atoms with Crippen molar-refractivity contribution in [2.45, 2.75) is 24.3 Å². The standard InChI is InChI=1S/C26H30N2O6S/c1-5-23(19-10-12-20(32-2)13-11-19)27-26(29)18-28(24-8-6-7-9-25(24)34-4)35(30,31)22-16-14-21(33-3)15-17-22/h6-17,23H,5,18H2,1-4H3,(H,27,29)/t23-/m1/s1. The van der Waals surface area contributed by atoms with Gasteiger partial charge in [0.15, 0.2) is 0 Å². The fraction of sp³-hybridized carbons (Fsp3) is 0.269. The van der Waals surface area contributed by atoms with E-state index in [2.05, 4.69) is 5.32 Å². The van der Waals surface area contributed by atoms with Gasteiger partial charge < -0.3 is 19.5 Å². The average Bonchev–Trinajstić information content (AvgIpc) is 2.90. The third-order valence-corrected chi connectivity index (χ3v) is 7.32. The third kappa shape index (κ3) is 6.05. The lowest BCUT2D eigenvalue weighted by Gasteiger charge is -2.27. The summed E-state index contributed by atoms with van der Waals surface area (Å²) >= 11 is 0. The number of para-hydroxylation sites is 2. The second-order valence-electron chi connectivity index (χ2n) is 7.66. The summed E-state index contributed by atoms with van der Waals surface area (Å²) in [6.07, 6.45) is 0.623. The highest BCUT2D eigenvalue weighted by atomic mass is 32.2. The maximum absolute atomic E-state index is 13.7. The first kappa shape index (κ1) is 25.9. The molecule has 0 aliphatic heterocycles. The molecular formula is C26H30N2O6S. The summed E-state index contributed by atoms with van der Waals surface area (Å²) in [5, 5.41) is 2.95. The molecule has 9 heteroatoms. The molecule has 0 spiro atoms. The Balaban J connectivity index is 1.93. The molecule has 3 aromatic rings. The van der Waals surface area contributed by atoms with E-state index in [-0.39, 0.29) is 16.6 Å². The Morgan fingerprint density at radius 3 is 1.97 bits per heavy atom. The van der Waals surface area contributed by atoms with Crippen molar-refractivity contribution in [3.05, 3.63) is 78.4 Å². The van der Waals surface area contributed by atoms with Crippen LogP contribution in [0.5, 0.6) is 17.2 Å². The molecule has 1 atom stereocenters. The van der Waals surface area contributed by atoms with E-state index in [0.717, 1.165) is 9.87 Å². The van der Waals surface area contributed by atoms with Gasteiger partial charge >= 0.3 is 0 Å². The Morgan fingerprint density at radius 2 is 1.43 bits per heavy atom. The Kier molecular flexibility index (Phi) is 8.59. The maximum Gasteiger partial charge on any atom is 0.264 e. The van der Waals surface area contributed by atoms with E-state index in [4.69, 9.17) is 14.2 Å². The maximum atomic E-state index is 13.7. The van der Waals surface area contributed by atoms with E-state index in [0.29, 0.717) is 23.7 Å². The van der Waals surface area contributed by atoms with Crippen molar-refractivity contribution in [3.8, 4) is 17.2 Å². The quantitative estimate of drug-likeness (QED) is 0.426. The van der Waals surface area contributed by atoms with Gasteiger partial charge in [-0.2, -0.15) is 0 Å². The number of rotatable bonds is 11. The number of nitrogens with one attached hydrogen (secondary N) is 1. The number of nitrogens with zero attached hydrogens (tertiary/aromatic N) is 1. The predicted octanol–water partition coefficient (Wildman–Crippen LogP) is 4.18. The third-order valence-electron chi connectivity index (χ3n) is 5.55. The van der Waals surface area contributed by atoms with E-state index >= 15 is 0 Å². The molecule has 0 unspecified atom stereocenters. The lowest BCUT2D eigenvalue weighted by atomic mass is 10.0. The number of sulfonamides is 1. The zero-order valence-corrected chi connectivity index (χ0v) is 21.0. The number of hydrogen-bond acceptors (Lipinski definition) is 6. The number of ether oxygens (including phenoxy) is 3. The fourth-order valence-corrected chi connectivity index (χ4v) is 5.07. The molecule has 0 fully saturated rings. The molecule has 0 bridgehead atoms. The van der Waals surface area contributed by atoms with Gasteiger partial charge in [0.1, 0.15) is 23.8 Å². The Morgan fingerprint density at radius 1 is 0.857 bits per heavy atom. The van der Waals surface area contributed by atoms with Crippen molar-refractivity contribution in [1.82, 2.24) is 5.32 Å². The number of methoxy groups -OCH3 is 3. The van der Waals surface area contributed by atoms with Crippen LogP contribution in [0.3, 0.4) is 0 Å². The summed E-state index contributed by atoms with van der Waals surface area (Å²) in [4.78, 5) is 13.2. The number of anilines is 1. The van der Waals surface area contributed by atoms with Crippen molar-refractivity contribution < 1.29 is 27.4 Å². The lowest BCUT2D eigenvalue weighted by molar-refractivity contribution is -0.120. The number of benzene rings is 3.